The number of halogens is 2. The minimum atomic E-state index is -0.855. The summed E-state index contributed by atoms with van der Waals surface area (Å²) in [5.74, 6) is -2.63. The molecule has 4 rings (SSSR count). The molecule has 0 aromatic heterocycles. The third-order valence-electron chi connectivity index (χ3n) is 5.70. The van der Waals surface area contributed by atoms with Gasteiger partial charge in [-0.3, -0.25) is 9.59 Å². The van der Waals surface area contributed by atoms with E-state index in [0.29, 0.717) is 23.3 Å². The Morgan fingerprint density at radius 2 is 1.87 bits per heavy atom. The molecule has 1 aliphatic heterocycles. The molecule has 0 bridgehead atoms. The van der Waals surface area contributed by atoms with Crippen molar-refractivity contribution in [2.75, 3.05) is 5.32 Å². The fourth-order valence-electron chi connectivity index (χ4n) is 4.29. The number of dihydropyridines is 1. The van der Waals surface area contributed by atoms with Gasteiger partial charge in [-0.05, 0) is 49.9 Å². The van der Waals surface area contributed by atoms with Crippen LogP contribution in [0.4, 0.5) is 14.5 Å². The average Bonchev–Trinajstić information content (AvgIpc) is 2.69. The lowest BCUT2D eigenvalue weighted by Gasteiger charge is -2.35. The van der Waals surface area contributed by atoms with Gasteiger partial charge in [0.1, 0.15) is 11.6 Å². The number of rotatable bonds is 3. The number of benzene rings is 2. The van der Waals surface area contributed by atoms with Crippen molar-refractivity contribution in [1.29, 1.82) is 0 Å². The number of hydrogen-bond donors (Lipinski definition) is 2. The number of allylic oxidation sites excluding steroid dienone is 3. The fourth-order valence-corrected chi connectivity index (χ4v) is 4.29. The molecule has 2 N–H and O–H groups in total. The predicted molar refractivity (Wildman–Crippen MR) is 111 cm³/mol. The number of aryl methyl sites for hydroxylation is 1. The van der Waals surface area contributed by atoms with Crippen molar-refractivity contribution < 1.29 is 18.4 Å². The largest absolute Gasteiger partial charge is 0.362 e. The Bertz CT molecular complexity index is 1120. The quantitative estimate of drug-likeness (QED) is 0.761. The first kappa shape index (κ1) is 20.0. The first-order valence-corrected chi connectivity index (χ1v) is 9.92. The highest BCUT2D eigenvalue weighted by Gasteiger charge is 2.39. The molecule has 0 spiro atoms. The minimum absolute atomic E-state index is 0.0164. The monoisotopic (exact) mass is 408 g/mol. The van der Waals surface area contributed by atoms with E-state index in [0.717, 1.165) is 41.8 Å². The van der Waals surface area contributed by atoms with Crippen molar-refractivity contribution in [3.8, 4) is 0 Å². The van der Waals surface area contributed by atoms with Crippen molar-refractivity contribution in [3.63, 3.8) is 0 Å². The van der Waals surface area contributed by atoms with Crippen LogP contribution in [0, 0.1) is 18.6 Å². The SMILES string of the molecule is CC1=C(C(=O)Nc2ccc(F)cc2F)[C@@H](c2ccccc2C)C2=C(CCCC2=O)N1. The molecule has 1 amide bonds. The Hall–Kier alpha value is -3.28. The molecule has 0 saturated heterocycles. The van der Waals surface area contributed by atoms with Crippen LogP contribution >= 0.6 is 0 Å². The van der Waals surface area contributed by atoms with Crippen LogP contribution in [0.15, 0.2) is 65.0 Å². The third-order valence-corrected chi connectivity index (χ3v) is 5.70. The molecule has 0 unspecified atom stereocenters. The Morgan fingerprint density at radius 3 is 2.60 bits per heavy atom. The van der Waals surface area contributed by atoms with E-state index in [1.165, 1.54) is 6.07 Å². The summed E-state index contributed by atoms with van der Waals surface area (Å²) < 4.78 is 27.4. The molecule has 0 radical (unpaired) electrons. The summed E-state index contributed by atoms with van der Waals surface area (Å²) >= 11 is 0. The van der Waals surface area contributed by atoms with Crippen molar-refractivity contribution in [2.45, 2.75) is 39.0 Å². The van der Waals surface area contributed by atoms with E-state index in [9.17, 15) is 18.4 Å². The van der Waals surface area contributed by atoms with Gasteiger partial charge in [0.15, 0.2) is 5.78 Å². The van der Waals surface area contributed by atoms with E-state index in [2.05, 4.69) is 10.6 Å². The Kier molecular flexibility index (Phi) is 5.24. The van der Waals surface area contributed by atoms with Gasteiger partial charge in [-0.15, -0.1) is 0 Å². The molecular weight excluding hydrogens is 386 g/mol. The molecule has 1 atom stereocenters. The van der Waals surface area contributed by atoms with Gasteiger partial charge in [0.2, 0.25) is 0 Å². The van der Waals surface area contributed by atoms with Crippen molar-refractivity contribution >= 4 is 17.4 Å². The van der Waals surface area contributed by atoms with Gasteiger partial charge in [-0.1, -0.05) is 24.3 Å². The second-order valence-corrected chi connectivity index (χ2v) is 7.70. The van der Waals surface area contributed by atoms with Gasteiger partial charge < -0.3 is 10.6 Å². The van der Waals surface area contributed by atoms with Gasteiger partial charge in [0, 0.05) is 40.9 Å². The number of hydrogen-bond acceptors (Lipinski definition) is 3. The van der Waals surface area contributed by atoms with Gasteiger partial charge >= 0.3 is 0 Å². The molecule has 2 aromatic rings. The highest BCUT2D eigenvalue weighted by Crippen LogP contribution is 2.43. The highest BCUT2D eigenvalue weighted by atomic mass is 19.1. The number of anilines is 1. The zero-order chi connectivity index (χ0) is 21.4. The van der Waals surface area contributed by atoms with Crippen LogP contribution in [0.2, 0.25) is 0 Å². The molecule has 154 valence electrons. The Labute approximate surface area is 173 Å². The summed E-state index contributed by atoms with van der Waals surface area (Å²) in [5.41, 5.74) is 4.15. The molecule has 0 fully saturated rings. The van der Waals surface area contributed by atoms with Crippen LogP contribution < -0.4 is 10.6 Å². The van der Waals surface area contributed by atoms with Crippen LogP contribution in [0.5, 0.6) is 0 Å². The van der Waals surface area contributed by atoms with Crippen LogP contribution in [-0.4, -0.2) is 11.7 Å². The molecular formula is C24H22F2N2O2. The number of carbonyl (C=O) groups excluding carboxylic acids is 2. The summed E-state index contributed by atoms with van der Waals surface area (Å²) in [5, 5.41) is 5.79. The molecule has 1 heterocycles. The van der Waals surface area contributed by atoms with Crippen molar-refractivity contribution in [2.24, 2.45) is 0 Å². The Morgan fingerprint density at radius 1 is 1.10 bits per heavy atom. The maximum Gasteiger partial charge on any atom is 0.254 e. The summed E-state index contributed by atoms with van der Waals surface area (Å²) in [6.07, 6.45) is 1.94. The second kappa shape index (κ2) is 7.86. The van der Waals surface area contributed by atoms with Crippen LogP contribution in [-0.2, 0) is 9.59 Å². The number of amides is 1. The maximum atomic E-state index is 14.1. The van der Waals surface area contributed by atoms with Crippen LogP contribution in [0.25, 0.3) is 0 Å². The van der Waals surface area contributed by atoms with Gasteiger partial charge in [0.25, 0.3) is 5.91 Å². The van der Waals surface area contributed by atoms with E-state index < -0.39 is 23.5 Å². The van der Waals surface area contributed by atoms with Crippen LogP contribution in [0.3, 0.4) is 0 Å². The predicted octanol–water partition coefficient (Wildman–Crippen LogP) is 4.88. The van der Waals surface area contributed by atoms with Gasteiger partial charge in [-0.25, -0.2) is 8.78 Å². The molecule has 1 aliphatic carbocycles. The zero-order valence-corrected chi connectivity index (χ0v) is 16.8. The van der Waals surface area contributed by atoms with Crippen molar-refractivity contribution in [1.82, 2.24) is 5.32 Å². The fraction of sp³-hybridized carbons (Fsp3) is 0.250. The van der Waals surface area contributed by atoms with Crippen molar-refractivity contribution in [3.05, 3.63) is 87.8 Å². The van der Waals surface area contributed by atoms with E-state index in [4.69, 9.17) is 0 Å². The topological polar surface area (TPSA) is 58.2 Å². The molecule has 0 saturated carbocycles. The van der Waals surface area contributed by atoms with Gasteiger partial charge in [0.05, 0.1) is 5.69 Å². The summed E-state index contributed by atoms with van der Waals surface area (Å²) in [7, 11) is 0. The zero-order valence-electron chi connectivity index (χ0n) is 16.8. The molecule has 6 heteroatoms. The molecule has 2 aliphatic rings. The summed E-state index contributed by atoms with van der Waals surface area (Å²) in [4.78, 5) is 26.2. The molecule has 4 nitrogen and oxygen atoms in total. The first-order valence-electron chi connectivity index (χ1n) is 9.92. The average molecular weight is 408 g/mol. The standard InChI is InChI=1S/C24H22F2N2O2/c1-13-6-3-4-7-16(13)22-21(14(2)27-19-8-5-9-20(29)23(19)22)24(30)28-18-11-10-15(25)12-17(18)26/h3-4,6-7,10-12,22,27H,5,8-9H2,1-2H3,(H,28,30)/t22-/m1/s1. The first-order chi connectivity index (χ1) is 14.4. The lowest BCUT2D eigenvalue weighted by Crippen LogP contribution is -2.35. The minimum Gasteiger partial charge on any atom is -0.362 e. The van der Waals surface area contributed by atoms with Crippen LogP contribution in [0.1, 0.15) is 43.2 Å². The van der Waals surface area contributed by atoms with E-state index >= 15 is 0 Å². The number of ketones is 1. The van der Waals surface area contributed by atoms with E-state index in [1.807, 2.05) is 31.2 Å². The number of Topliss-reactive ketones (excluding diaryl/α,β-unsaturated/α-hetero) is 1. The van der Waals surface area contributed by atoms with E-state index in [1.54, 1.807) is 6.92 Å². The lowest BCUT2D eigenvalue weighted by atomic mass is 9.74. The number of carbonyl (C=O) groups is 2. The van der Waals surface area contributed by atoms with E-state index in [-0.39, 0.29) is 11.5 Å². The smallest absolute Gasteiger partial charge is 0.254 e. The lowest BCUT2D eigenvalue weighted by molar-refractivity contribution is -0.116. The number of nitrogens with one attached hydrogen (secondary N) is 2. The second-order valence-electron chi connectivity index (χ2n) is 7.70. The highest BCUT2D eigenvalue weighted by molar-refractivity contribution is 6.09. The normalized spacial score (nSPS) is 18.8. The van der Waals surface area contributed by atoms with Gasteiger partial charge in [-0.2, -0.15) is 0 Å². The Balaban J connectivity index is 1.81. The molecule has 2 aromatic carbocycles. The third kappa shape index (κ3) is 3.54. The summed E-state index contributed by atoms with van der Waals surface area (Å²) in [6, 6.07) is 10.6. The summed E-state index contributed by atoms with van der Waals surface area (Å²) in [6.45, 7) is 3.72. The molecule has 30 heavy (non-hydrogen) atoms. The maximum absolute atomic E-state index is 14.1.